The van der Waals surface area contributed by atoms with E-state index in [-0.39, 0.29) is 33.0 Å². The number of anilines is 1. The Morgan fingerprint density at radius 2 is 2.04 bits per heavy atom. The van der Waals surface area contributed by atoms with Gasteiger partial charge in [0.25, 0.3) is 0 Å². The summed E-state index contributed by atoms with van der Waals surface area (Å²) in [5.74, 6) is 1.05. The van der Waals surface area contributed by atoms with Crippen molar-refractivity contribution >= 4 is 11.7 Å². The normalized spacial score (nSPS) is 30.7. The Hall–Kier alpha value is -1.76. The van der Waals surface area contributed by atoms with E-state index in [4.69, 9.17) is 4.74 Å². The Morgan fingerprint density at radius 1 is 1.35 bits per heavy atom. The average Bonchev–Trinajstić information content (AvgIpc) is 3.14. The molecule has 1 saturated heterocycles. The number of fused-ring (bicyclic) bond motifs is 1. The smallest absolute Gasteiger partial charge is 0.168 e. The van der Waals surface area contributed by atoms with Gasteiger partial charge in [-0.1, -0.05) is 0 Å². The van der Waals surface area contributed by atoms with Gasteiger partial charge in [-0.3, -0.25) is 4.57 Å². The maximum absolute atomic E-state index is 10.7. The molecule has 0 amide bonds. The number of ether oxygens (including phenoxy) is 1. The van der Waals surface area contributed by atoms with Crippen LogP contribution >= 0.6 is 0 Å². The first-order chi connectivity index (χ1) is 12.5. The summed E-state index contributed by atoms with van der Waals surface area (Å²) in [5.41, 5.74) is -1.15. The van der Waals surface area contributed by atoms with Gasteiger partial charge in [-0.2, -0.15) is 0 Å². The highest BCUT2D eigenvalue weighted by atomic mass is 16.6. The number of amidine groups is 1. The second-order valence-corrected chi connectivity index (χ2v) is 6.48. The summed E-state index contributed by atoms with van der Waals surface area (Å²) in [6, 6.07) is 0. The molecule has 3 rings (SSSR count). The van der Waals surface area contributed by atoms with Gasteiger partial charge in [0, 0.05) is 13.1 Å². The predicted molar refractivity (Wildman–Crippen MR) is 90.6 cm³/mol. The number of hydrogen-bond donors (Lipinski definition) is 6. The highest BCUT2D eigenvalue weighted by Gasteiger charge is 2.53. The van der Waals surface area contributed by atoms with Crippen LogP contribution in [0.2, 0.25) is 0 Å². The van der Waals surface area contributed by atoms with E-state index in [1.54, 1.807) is 9.47 Å². The summed E-state index contributed by atoms with van der Waals surface area (Å²) in [6.45, 7) is 1.61. The van der Waals surface area contributed by atoms with Crippen molar-refractivity contribution in [3.63, 3.8) is 0 Å². The number of nitrogens with one attached hydrogen (secondary N) is 1. The zero-order chi connectivity index (χ0) is 18.9. The minimum Gasteiger partial charge on any atom is -0.395 e. The SMILES string of the molecule is C[C@]1(O)C(n2cnc3c2NCN=C3N(CCO)CCO)O[C@H](CO)[C@H]1O. The lowest BCUT2D eigenvalue weighted by Gasteiger charge is -2.30. The maximum Gasteiger partial charge on any atom is 0.168 e. The molecule has 1 fully saturated rings. The molecule has 6 N–H and O–H groups in total. The fourth-order valence-electron chi connectivity index (χ4n) is 3.35. The summed E-state index contributed by atoms with van der Waals surface area (Å²) >= 11 is 0. The lowest BCUT2D eigenvalue weighted by atomic mass is 9.96. The van der Waals surface area contributed by atoms with Gasteiger partial charge in [-0.25, -0.2) is 9.98 Å². The van der Waals surface area contributed by atoms with Gasteiger partial charge >= 0.3 is 0 Å². The molecule has 0 bridgehead atoms. The van der Waals surface area contributed by atoms with Gasteiger partial charge in [-0.05, 0) is 6.92 Å². The molecule has 0 saturated carbocycles. The van der Waals surface area contributed by atoms with E-state index in [9.17, 15) is 25.5 Å². The molecule has 0 aromatic carbocycles. The quantitative estimate of drug-likeness (QED) is 0.313. The number of imidazole rings is 1. The molecule has 3 heterocycles. The first-order valence-corrected chi connectivity index (χ1v) is 8.44. The Balaban J connectivity index is 1.94. The van der Waals surface area contributed by atoms with E-state index in [0.29, 0.717) is 17.3 Å². The second kappa shape index (κ2) is 7.47. The molecule has 11 nitrogen and oxygen atoms in total. The first kappa shape index (κ1) is 19.0. The predicted octanol–water partition coefficient (Wildman–Crippen LogP) is -2.70. The van der Waals surface area contributed by atoms with Gasteiger partial charge in [0.15, 0.2) is 12.1 Å². The summed E-state index contributed by atoms with van der Waals surface area (Å²) in [4.78, 5) is 10.4. The van der Waals surface area contributed by atoms with Gasteiger partial charge in [0.2, 0.25) is 0 Å². The van der Waals surface area contributed by atoms with Crippen molar-refractivity contribution in [3.8, 4) is 0 Å². The molecule has 11 heteroatoms. The molecule has 1 unspecified atom stereocenters. The molecule has 2 aliphatic rings. The summed E-state index contributed by atoms with van der Waals surface area (Å²) in [5, 5.41) is 51.8. The van der Waals surface area contributed by atoms with Crippen LogP contribution in [0, 0.1) is 0 Å². The summed E-state index contributed by atoms with van der Waals surface area (Å²) < 4.78 is 7.19. The van der Waals surface area contributed by atoms with Crippen LogP contribution in [0.3, 0.4) is 0 Å². The molecular weight excluding hydrogens is 346 g/mol. The lowest BCUT2D eigenvalue weighted by molar-refractivity contribution is -0.0958. The van der Waals surface area contributed by atoms with E-state index >= 15 is 0 Å². The van der Waals surface area contributed by atoms with E-state index in [1.165, 1.54) is 13.3 Å². The summed E-state index contributed by atoms with van der Waals surface area (Å²) in [6.07, 6.45) is -1.67. The monoisotopic (exact) mass is 371 g/mol. The second-order valence-electron chi connectivity index (χ2n) is 6.48. The van der Waals surface area contributed by atoms with Crippen molar-refractivity contribution in [2.75, 3.05) is 44.9 Å². The van der Waals surface area contributed by atoms with E-state index in [0.717, 1.165) is 0 Å². The Bertz CT molecular complexity index is 657. The number of aliphatic hydroxyl groups excluding tert-OH is 4. The van der Waals surface area contributed by atoms with Crippen molar-refractivity contribution in [1.29, 1.82) is 0 Å². The van der Waals surface area contributed by atoms with Crippen molar-refractivity contribution in [3.05, 3.63) is 12.0 Å². The number of hydrogen-bond acceptors (Lipinski definition) is 10. The maximum atomic E-state index is 10.7. The zero-order valence-electron chi connectivity index (χ0n) is 14.5. The number of aliphatic imine (C=N–C) groups is 1. The van der Waals surface area contributed by atoms with Crippen molar-refractivity contribution in [1.82, 2.24) is 14.5 Å². The number of nitrogens with zero attached hydrogens (tertiary/aromatic N) is 4. The van der Waals surface area contributed by atoms with Crippen LogP contribution in [0.25, 0.3) is 0 Å². The van der Waals surface area contributed by atoms with Crippen LogP contribution in [0.5, 0.6) is 0 Å². The highest BCUT2D eigenvalue weighted by molar-refractivity contribution is 6.02. The van der Waals surface area contributed by atoms with Gasteiger partial charge in [0.05, 0.1) is 26.1 Å². The number of rotatable bonds is 6. The molecule has 0 spiro atoms. The Kier molecular flexibility index (Phi) is 5.46. The molecule has 2 aliphatic heterocycles. The van der Waals surface area contributed by atoms with Crippen LogP contribution < -0.4 is 5.32 Å². The molecule has 26 heavy (non-hydrogen) atoms. The number of aromatic nitrogens is 2. The topological polar surface area (TPSA) is 156 Å². The van der Waals surface area contributed by atoms with Crippen LogP contribution in [-0.4, -0.2) is 103 Å². The van der Waals surface area contributed by atoms with Crippen LogP contribution in [0.1, 0.15) is 18.8 Å². The Morgan fingerprint density at radius 3 is 2.62 bits per heavy atom. The van der Waals surface area contributed by atoms with Crippen molar-refractivity contribution in [2.45, 2.75) is 31.0 Å². The molecular formula is C15H25N5O6. The minimum atomic E-state index is -1.63. The molecule has 1 aromatic rings. The van der Waals surface area contributed by atoms with Crippen LogP contribution in [0.15, 0.2) is 11.3 Å². The van der Waals surface area contributed by atoms with Gasteiger partial charge in [-0.15, -0.1) is 0 Å². The largest absolute Gasteiger partial charge is 0.395 e. The van der Waals surface area contributed by atoms with Crippen LogP contribution in [0.4, 0.5) is 5.82 Å². The first-order valence-electron chi connectivity index (χ1n) is 8.44. The molecule has 4 atom stereocenters. The molecule has 1 aromatic heterocycles. The minimum absolute atomic E-state index is 0.104. The standard InChI is InChI=1S/C15H25N5O6/c1-15(25)11(24)9(6-23)26-14(15)20-8-18-10-12(16-7-17-13(10)20)19(2-4-21)3-5-22/h8-9,11,14,17,21-25H,2-7H2,1H3/t9-,11-,14?,15-/m1/s1. The Labute approximate surface area is 150 Å². The van der Waals surface area contributed by atoms with Gasteiger partial charge < -0.3 is 40.5 Å². The van der Waals surface area contributed by atoms with Crippen molar-refractivity contribution < 1.29 is 30.3 Å². The average molecular weight is 371 g/mol. The summed E-state index contributed by atoms with van der Waals surface area (Å²) in [7, 11) is 0. The van der Waals surface area contributed by atoms with Gasteiger partial charge in [0.1, 0.15) is 36.0 Å². The van der Waals surface area contributed by atoms with E-state index < -0.39 is 30.6 Å². The lowest BCUT2D eigenvalue weighted by Crippen LogP contribution is -2.44. The third kappa shape index (κ3) is 3.06. The highest BCUT2D eigenvalue weighted by Crippen LogP contribution is 2.40. The zero-order valence-corrected chi connectivity index (χ0v) is 14.5. The molecule has 146 valence electrons. The molecule has 0 aliphatic carbocycles. The van der Waals surface area contributed by atoms with Crippen LogP contribution in [-0.2, 0) is 4.74 Å². The fraction of sp³-hybridized carbons (Fsp3) is 0.733. The van der Waals surface area contributed by atoms with Crippen molar-refractivity contribution in [2.24, 2.45) is 4.99 Å². The molecule has 0 radical (unpaired) electrons. The number of aliphatic hydroxyl groups is 5. The third-order valence-electron chi connectivity index (χ3n) is 4.71. The third-order valence-corrected chi connectivity index (χ3v) is 4.71. The van der Waals surface area contributed by atoms with E-state index in [2.05, 4.69) is 15.3 Å². The van der Waals surface area contributed by atoms with E-state index in [1.807, 2.05) is 0 Å². The fourth-order valence-corrected chi connectivity index (χ4v) is 3.35.